The monoisotopic (exact) mass is 373 g/mol. The summed E-state index contributed by atoms with van der Waals surface area (Å²) in [5.41, 5.74) is 1.84. The average molecular weight is 373 g/mol. The van der Waals surface area contributed by atoms with Crippen LogP contribution in [0, 0.1) is 0 Å². The van der Waals surface area contributed by atoms with E-state index in [1.54, 1.807) is 6.07 Å². The van der Waals surface area contributed by atoms with Crippen molar-refractivity contribution in [2.75, 3.05) is 14.2 Å². The molecule has 1 heterocycles. The molecule has 0 radical (unpaired) electrons. The molecule has 8 heteroatoms. The number of sulfonamides is 1. The van der Waals surface area contributed by atoms with Crippen molar-refractivity contribution in [3.8, 4) is 11.5 Å². The lowest BCUT2D eigenvalue weighted by Gasteiger charge is -2.10. The number of hydrogen-bond acceptors (Lipinski definition) is 5. The number of aromatic nitrogens is 1. The second-order valence-corrected chi connectivity index (χ2v) is 7.21. The van der Waals surface area contributed by atoms with Crippen molar-refractivity contribution < 1.29 is 17.9 Å². The second-order valence-electron chi connectivity index (χ2n) is 5.58. The van der Waals surface area contributed by atoms with E-state index in [-0.39, 0.29) is 10.6 Å². The first-order chi connectivity index (χ1) is 12.5. The minimum Gasteiger partial charge on any atom is -0.497 e. The molecule has 26 heavy (non-hydrogen) atoms. The fourth-order valence-corrected chi connectivity index (χ4v) is 3.66. The van der Waals surface area contributed by atoms with Crippen LogP contribution in [0.1, 0.15) is 5.56 Å². The van der Waals surface area contributed by atoms with E-state index in [4.69, 9.17) is 9.47 Å². The van der Waals surface area contributed by atoms with Crippen molar-refractivity contribution in [3.63, 3.8) is 0 Å². The molecule has 1 aromatic heterocycles. The van der Waals surface area contributed by atoms with Crippen molar-refractivity contribution in [3.05, 3.63) is 54.2 Å². The molecule has 0 bridgehead atoms. The van der Waals surface area contributed by atoms with Gasteiger partial charge in [-0.05, 0) is 18.2 Å². The SMILES string of the molecule is COc1ccc(OC)c(S(=O)(=O)N/N=C/c2cn(C)c3ccccc23)c1. The normalized spacial score (nSPS) is 11.8. The first-order valence-electron chi connectivity index (χ1n) is 7.77. The van der Waals surface area contributed by atoms with Gasteiger partial charge >= 0.3 is 0 Å². The Kier molecular flexibility index (Phi) is 4.85. The number of benzene rings is 2. The Morgan fingerprint density at radius 3 is 2.62 bits per heavy atom. The Morgan fingerprint density at radius 1 is 1.12 bits per heavy atom. The summed E-state index contributed by atoms with van der Waals surface area (Å²) in [7, 11) is 0.875. The largest absolute Gasteiger partial charge is 0.497 e. The van der Waals surface area contributed by atoms with Gasteiger partial charge in [-0.3, -0.25) is 0 Å². The standard InChI is InChI=1S/C18H19N3O4S/c1-21-12-13(15-6-4-5-7-16(15)21)11-19-20-26(22,23)18-10-14(24-2)8-9-17(18)25-3/h4-12,20H,1-3H3/b19-11+. The predicted molar refractivity (Wildman–Crippen MR) is 100 cm³/mol. The van der Waals surface area contributed by atoms with Crippen LogP contribution in [0.3, 0.4) is 0 Å². The van der Waals surface area contributed by atoms with Gasteiger partial charge in [0.25, 0.3) is 10.0 Å². The Labute approximate surface area is 151 Å². The van der Waals surface area contributed by atoms with Crippen molar-refractivity contribution in [1.29, 1.82) is 0 Å². The zero-order valence-electron chi connectivity index (χ0n) is 14.6. The van der Waals surface area contributed by atoms with Crippen LogP contribution in [0.4, 0.5) is 0 Å². The van der Waals surface area contributed by atoms with Crippen LogP contribution >= 0.6 is 0 Å². The zero-order valence-corrected chi connectivity index (χ0v) is 15.4. The molecule has 3 aromatic rings. The lowest BCUT2D eigenvalue weighted by atomic mass is 10.2. The lowest BCUT2D eigenvalue weighted by Crippen LogP contribution is -2.19. The van der Waals surface area contributed by atoms with Gasteiger partial charge in [-0.2, -0.15) is 18.4 Å². The number of fused-ring (bicyclic) bond motifs is 1. The van der Waals surface area contributed by atoms with Crippen LogP contribution in [0.25, 0.3) is 10.9 Å². The van der Waals surface area contributed by atoms with Gasteiger partial charge < -0.3 is 14.0 Å². The van der Waals surface area contributed by atoms with Crippen LogP contribution < -0.4 is 14.3 Å². The molecule has 0 unspecified atom stereocenters. The summed E-state index contributed by atoms with van der Waals surface area (Å²) in [5.74, 6) is 0.614. The molecule has 0 aliphatic carbocycles. The first-order valence-corrected chi connectivity index (χ1v) is 9.25. The highest BCUT2D eigenvalue weighted by atomic mass is 32.2. The Balaban J connectivity index is 1.90. The number of ether oxygens (including phenoxy) is 2. The summed E-state index contributed by atoms with van der Waals surface area (Å²) < 4.78 is 37.3. The third kappa shape index (κ3) is 3.36. The topological polar surface area (TPSA) is 81.9 Å². The number of nitrogens with one attached hydrogen (secondary N) is 1. The molecular formula is C18H19N3O4S. The quantitative estimate of drug-likeness (QED) is 0.532. The predicted octanol–water partition coefficient (Wildman–Crippen LogP) is 2.51. The van der Waals surface area contributed by atoms with Gasteiger partial charge in [0.05, 0.1) is 20.4 Å². The molecule has 2 aromatic carbocycles. The van der Waals surface area contributed by atoms with Crippen molar-refractivity contribution in [2.24, 2.45) is 12.1 Å². The molecule has 3 rings (SSSR count). The molecular weight excluding hydrogens is 354 g/mol. The van der Waals surface area contributed by atoms with Gasteiger partial charge in [-0.25, -0.2) is 0 Å². The van der Waals surface area contributed by atoms with E-state index < -0.39 is 10.0 Å². The number of rotatable bonds is 6. The molecule has 0 saturated carbocycles. The number of para-hydroxylation sites is 1. The highest BCUT2D eigenvalue weighted by molar-refractivity contribution is 7.89. The molecule has 136 valence electrons. The molecule has 0 amide bonds. The van der Waals surface area contributed by atoms with E-state index in [1.807, 2.05) is 42.1 Å². The third-order valence-corrected chi connectivity index (χ3v) is 5.21. The van der Waals surface area contributed by atoms with Crippen LogP contribution in [0.2, 0.25) is 0 Å². The summed E-state index contributed by atoms with van der Waals surface area (Å²) in [6.45, 7) is 0. The Morgan fingerprint density at radius 2 is 1.88 bits per heavy atom. The smallest absolute Gasteiger partial charge is 0.280 e. The van der Waals surface area contributed by atoms with E-state index in [9.17, 15) is 8.42 Å². The molecule has 0 fully saturated rings. The Bertz CT molecular complexity index is 1070. The number of nitrogens with zero attached hydrogens (tertiary/aromatic N) is 2. The molecule has 0 aliphatic heterocycles. The minimum absolute atomic E-state index is 0.0468. The minimum atomic E-state index is -3.91. The van der Waals surface area contributed by atoms with Crippen LogP contribution in [0.5, 0.6) is 11.5 Å². The first kappa shape index (κ1) is 17.8. The van der Waals surface area contributed by atoms with Crippen molar-refractivity contribution in [1.82, 2.24) is 9.40 Å². The summed E-state index contributed by atoms with van der Waals surface area (Å²) in [4.78, 5) is 2.17. The zero-order chi connectivity index (χ0) is 18.7. The van der Waals surface area contributed by atoms with Gasteiger partial charge in [0.1, 0.15) is 16.4 Å². The summed E-state index contributed by atoms with van der Waals surface area (Å²) in [5, 5.41) is 4.89. The summed E-state index contributed by atoms with van der Waals surface area (Å²) in [6, 6.07) is 12.3. The molecule has 0 saturated heterocycles. The highest BCUT2D eigenvalue weighted by Crippen LogP contribution is 2.28. The van der Waals surface area contributed by atoms with Crippen LogP contribution in [-0.2, 0) is 17.1 Å². The molecule has 7 nitrogen and oxygen atoms in total. The summed E-state index contributed by atoms with van der Waals surface area (Å²) in [6.07, 6.45) is 3.36. The maximum Gasteiger partial charge on any atom is 0.280 e. The van der Waals surface area contributed by atoms with E-state index in [1.165, 1.54) is 32.6 Å². The van der Waals surface area contributed by atoms with Crippen LogP contribution in [-0.4, -0.2) is 33.4 Å². The van der Waals surface area contributed by atoms with Gasteiger partial charge in [-0.15, -0.1) is 0 Å². The van der Waals surface area contributed by atoms with Gasteiger partial charge in [-0.1, -0.05) is 18.2 Å². The van der Waals surface area contributed by atoms with Crippen molar-refractivity contribution in [2.45, 2.75) is 4.90 Å². The maximum atomic E-state index is 12.6. The van der Waals surface area contributed by atoms with E-state index in [0.717, 1.165) is 16.5 Å². The molecule has 0 aliphatic rings. The highest BCUT2D eigenvalue weighted by Gasteiger charge is 2.20. The molecule has 0 spiro atoms. The second kappa shape index (κ2) is 7.09. The van der Waals surface area contributed by atoms with Crippen molar-refractivity contribution >= 4 is 27.1 Å². The van der Waals surface area contributed by atoms with Crippen LogP contribution in [0.15, 0.2) is 58.7 Å². The fourth-order valence-electron chi connectivity index (χ4n) is 2.68. The lowest BCUT2D eigenvalue weighted by molar-refractivity contribution is 0.392. The number of hydrogen-bond donors (Lipinski definition) is 1. The van der Waals surface area contributed by atoms with E-state index in [2.05, 4.69) is 9.93 Å². The van der Waals surface area contributed by atoms with Gasteiger partial charge in [0.2, 0.25) is 0 Å². The number of hydrazone groups is 1. The third-order valence-electron chi connectivity index (χ3n) is 3.96. The fraction of sp³-hybridized carbons (Fsp3) is 0.167. The average Bonchev–Trinajstić information content (AvgIpc) is 2.97. The van der Waals surface area contributed by atoms with Gasteiger partial charge in [0, 0.05) is 35.8 Å². The summed E-state index contributed by atoms with van der Waals surface area (Å²) >= 11 is 0. The Hall–Kier alpha value is -3.00. The molecule has 1 N–H and O–H groups in total. The van der Waals surface area contributed by atoms with Gasteiger partial charge in [0.15, 0.2) is 0 Å². The number of methoxy groups -OCH3 is 2. The van der Waals surface area contributed by atoms with E-state index >= 15 is 0 Å². The molecule has 0 atom stereocenters. The number of aryl methyl sites for hydroxylation is 1. The van der Waals surface area contributed by atoms with E-state index in [0.29, 0.717) is 5.75 Å². The maximum absolute atomic E-state index is 12.6.